The van der Waals surface area contributed by atoms with E-state index >= 15 is 0 Å². The molecule has 0 saturated heterocycles. The molecule has 0 fully saturated rings. The minimum absolute atomic E-state index is 0.0249. The zero-order chi connectivity index (χ0) is 15.2. The highest BCUT2D eigenvalue weighted by Gasteiger charge is 2.10. The van der Waals surface area contributed by atoms with Crippen LogP contribution in [-0.4, -0.2) is 25.1 Å². The molecule has 2 aromatic rings. The molecule has 1 aromatic carbocycles. The van der Waals surface area contributed by atoms with E-state index in [1.54, 1.807) is 32.4 Å². The number of aromatic nitrogens is 1. The highest BCUT2D eigenvalue weighted by atomic mass is 19.1. The lowest BCUT2D eigenvalue weighted by Crippen LogP contribution is -2.24. The van der Waals surface area contributed by atoms with Gasteiger partial charge in [0.1, 0.15) is 17.2 Å². The fourth-order valence-corrected chi connectivity index (χ4v) is 1.82. The molecule has 0 radical (unpaired) electrons. The van der Waals surface area contributed by atoms with Crippen LogP contribution in [0.3, 0.4) is 0 Å². The van der Waals surface area contributed by atoms with Crippen LogP contribution in [0.1, 0.15) is 16.1 Å². The first-order chi connectivity index (χ1) is 10.1. The van der Waals surface area contributed by atoms with E-state index < -0.39 is 11.9 Å². The number of benzene rings is 1. The molecule has 1 N–H and O–H groups in total. The van der Waals surface area contributed by atoms with E-state index in [-0.39, 0.29) is 12.2 Å². The van der Waals surface area contributed by atoms with Gasteiger partial charge in [-0.15, -0.1) is 0 Å². The summed E-state index contributed by atoms with van der Waals surface area (Å²) in [5.41, 5.74) is 0.776. The van der Waals surface area contributed by atoms with Gasteiger partial charge in [0, 0.05) is 12.1 Å². The van der Waals surface area contributed by atoms with E-state index in [9.17, 15) is 9.18 Å². The number of nitrogens with one attached hydrogen (secondary N) is 1. The summed E-state index contributed by atoms with van der Waals surface area (Å²) in [6.45, 7) is 0.220. The van der Waals surface area contributed by atoms with E-state index in [4.69, 9.17) is 9.47 Å². The van der Waals surface area contributed by atoms with Crippen LogP contribution in [0.15, 0.2) is 36.4 Å². The smallest absolute Gasteiger partial charge is 0.270 e. The largest absolute Gasteiger partial charge is 0.497 e. The topological polar surface area (TPSA) is 60.5 Å². The number of carbonyl (C=O) groups is 1. The average molecular weight is 290 g/mol. The fourth-order valence-electron chi connectivity index (χ4n) is 1.82. The summed E-state index contributed by atoms with van der Waals surface area (Å²) in [6.07, 6.45) is 0. The van der Waals surface area contributed by atoms with Crippen LogP contribution < -0.4 is 14.8 Å². The summed E-state index contributed by atoms with van der Waals surface area (Å²) in [4.78, 5) is 15.4. The first kappa shape index (κ1) is 14.8. The number of halogens is 1. The van der Waals surface area contributed by atoms with Crippen LogP contribution in [0.4, 0.5) is 4.39 Å². The highest BCUT2D eigenvalue weighted by molar-refractivity contribution is 5.92. The molecule has 0 bridgehead atoms. The second kappa shape index (κ2) is 6.69. The molecule has 1 amide bonds. The van der Waals surface area contributed by atoms with Crippen molar-refractivity contribution in [3.63, 3.8) is 0 Å². The zero-order valence-corrected chi connectivity index (χ0v) is 11.7. The quantitative estimate of drug-likeness (QED) is 0.857. The lowest BCUT2D eigenvalue weighted by atomic mass is 10.2. The summed E-state index contributed by atoms with van der Waals surface area (Å²) in [5, 5.41) is 2.66. The minimum atomic E-state index is -0.693. The number of pyridine rings is 1. The molecule has 1 aromatic heterocycles. The zero-order valence-electron chi connectivity index (χ0n) is 11.7. The van der Waals surface area contributed by atoms with Gasteiger partial charge in [-0.2, -0.15) is 4.39 Å². The third-order valence-corrected chi connectivity index (χ3v) is 2.87. The Morgan fingerprint density at radius 1 is 1.24 bits per heavy atom. The maximum atomic E-state index is 13.0. The number of hydrogen-bond acceptors (Lipinski definition) is 4. The number of methoxy groups -OCH3 is 2. The van der Waals surface area contributed by atoms with Crippen molar-refractivity contribution in [2.45, 2.75) is 6.54 Å². The average Bonchev–Trinajstić information content (AvgIpc) is 2.52. The van der Waals surface area contributed by atoms with Crippen molar-refractivity contribution in [2.24, 2.45) is 0 Å². The normalized spacial score (nSPS) is 10.0. The third kappa shape index (κ3) is 3.68. The Kier molecular flexibility index (Phi) is 4.71. The van der Waals surface area contributed by atoms with Crippen molar-refractivity contribution in [3.05, 3.63) is 53.6 Å². The molecule has 2 rings (SSSR count). The summed E-state index contributed by atoms with van der Waals surface area (Å²) in [6, 6.07) is 9.34. The van der Waals surface area contributed by atoms with E-state index in [2.05, 4.69) is 10.3 Å². The van der Waals surface area contributed by atoms with Crippen LogP contribution in [-0.2, 0) is 6.54 Å². The van der Waals surface area contributed by atoms with E-state index in [1.807, 2.05) is 0 Å². The van der Waals surface area contributed by atoms with E-state index in [0.717, 1.165) is 5.56 Å². The van der Waals surface area contributed by atoms with Gasteiger partial charge in [-0.3, -0.25) is 4.79 Å². The Hall–Kier alpha value is -2.63. The number of carbonyl (C=O) groups excluding carboxylic acids is 1. The van der Waals surface area contributed by atoms with Crippen LogP contribution in [0, 0.1) is 5.95 Å². The van der Waals surface area contributed by atoms with Crippen molar-refractivity contribution in [3.8, 4) is 11.5 Å². The molecule has 21 heavy (non-hydrogen) atoms. The van der Waals surface area contributed by atoms with Crippen molar-refractivity contribution < 1.29 is 18.7 Å². The Bertz CT molecular complexity index is 647. The number of rotatable bonds is 5. The lowest BCUT2D eigenvalue weighted by Gasteiger charge is -2.11. The monoisotopic (exact) mass is 290 g/mol. The number of ether oxygens (including phenoxy) is 2. The number of hydrogen-bond donors (Lipinski definition) is 1. The van der Waals surface area contributed by atoms with Gasteiger partial charge < -0.3 is 14.8 Å². The molecule has 0 atom stereocenters. The second-order valence-electron chi connectivity index (χ2n) is 4.21. The summed E-state index contributed by atoms with van der Waals surface area (Å²) < 4.78 is 23.3. The molecule has 0 aliphatic carbocycles. The Morgan fingerprint density at radius 2 is 2.05 bits per heavy atom. The predicted molar refractivity (Wildman–Crippen MR) is 74.9 cm³/mol. The van der Waals surface area contributed by atoms with Gasteiger partial charge in [0.25, 0.3) is 5.91 Å². The van der Waals surface area contributed by atoms with Crippen molar-refractivity contribution >= 4 is 5.91 Å². The fraction of sp³-hybridized carbons (Fsp3) is 0.200. The maximum Gasteiger partial charge on any atom is 0.270 e. The molecule has 0 aliphatic heterocycles. The highest BCUT2D eigenvalue weighted by Crippen LogP contribution is 2.23. The molecule has 6 heteroatoms. The van der Waals surface area contributed by atoms with E-state index in [0.29, 0.717) is 11.5 Å². The van der Waals surface area contributed by atoms with Crippen molar-refractivity contribution in [1.82, 2.24) is 10.3 Å². The van der Waals surface area contributed by atoms with Crippen LogP contribution in [0.25, 0.3) is 0 Å². The standard InChI is InChI=1S/C15H15FN2O3/c1-20-11-6-7-13(21-2)10(8-11)9-17-15(19)12-4-3-5-14(16)18-12/h3-8H,9H2,1-2H3,(H,17,19). The molecule has 0 spiro atoms. The number of nitrogens with zero attached hydrogens (tertiary/aromatic N) is 1. The molecule has 0 saturated carbocycles. The van der Waals surface area contributed by atoms with Gasteiger partial charge in [0.05, 0.1) is 14.2 Å². The summed E-state index contributed by atoms with van der Waals surface area (Å²) in [7, 11) is 3.10. The molecule has 5 nitrogen and oxygen atoms in total. The van der Waals surface area contributed by atoms with Gasteiger partial charge in [0.15, 0.2) is 0 Å². The molecule has 110 valence electrons. The van der Waals surface area contributed by atoms with Crippen LogP contribution >= 0.6 is 0 Å². The number of amides is 1. The molecular formula is C15H15FN2O3. The van der Waals surface area contributed by atoms with E-state index in [1.165, 1.54) is 18.2 Å². The van der Waals surface area contributed by atoms with Gasteiger partial charge in [-0.05, 0) is 30.3 Å². The SMILES string of the molecule is COc1ccc(OC)c(CNC(=O)c2cccc(F)n2)c1. The molecular weight excluding hydrogens is 275 g/mol. The second-order valence-corrected chi connectivity index (χ2v) is 4.21. The van der Waals surface area contributed by atoms with Gasteiger partial charge in [0.2, 0.25) is 5.95 Å². The van der Waals surface area contributed by atoms with Gasteiger partial charge in [-0.25, -0.2) is 4.98 Å². The van der Waals surface area contributed by atoms with Gasteiger partial charge in [-0.1, -0.05) is 6.07 Å². The molecule has 1 heterocycles. The summed E-state index contributed by atoms with van der Waals surface area (Å²) in [5.74, 6) is 0.133. The van der Waals surface area contributed by atoms with Crippen LogP contribution in [0.5, 0.6) is 11.5 Å². The van der Waals surface area contributed by atoms with Crippen molar-refractivity contribution in [2.75, 3.05) is 14.2 Å². The molecule has 0 aliphatic rings. The maximum absolute atomic E-state index is 13.0. The Morgan fingerprint density at radius 3 is 2.71 bits per heavy atom. The van der Waals surface area contributed by atoms with Gasteiger partial charge >= 0.3 is 0 Å². The van der Waals surface area contributed by atoms with Crippen LogP contribution in [0.2, 0.25) is 0 Å². The Balaban J connectivity index is 2.10. The predicted octanol–water partition coefficient (Wildman–Crippen LogP) is 2.17. The first-order valence-corrected chi connectivity index (χ1v) is 6.25. The molecule has 0 unspecified atom stereocenters. The third-order valence-electron chi connectivity index (χ3n) is 2.87. The lowest BCUT2D eigenvalue weighted by molar-refractivity contribution is 0.0944. The van der Waals surface area contributed by atoms with Crippen molar-refractivity contribution in [1.29, 1.82) is 0 Å². The first-order valence-electron chi connectivity index (χ1n) is 6.25. The Labute approximate surface area is 121 Å². The summed E-state index contributed by atoms with van der Waals surface area (Å²) >= 11 is 0. The minimum Gasteiger partial charge on any atom is -0.497 e.